The number of carbonyl (C=O) groups is 2. The van der Waals surface area contributed by atoms with Crippen LogP contribution in [0.25, 0.3) is 0 Å². The van der Waals surface area contributed by atoms with Crippen LogP contribution in [0.1, 0.15) is 19.3 Å². The predicted octanol–water partition coefficient (Wildman–Crippen LogP) is 0.791. The summed E-state index contributed by atoms with van der Waals surface area (Å²) in [7, 11) is 0. The molecule has 1 fully saturated rings. The standard InChI is InChI=1S/C17H22O6/c18-16(19)12-15(13-6-8-21-9-7-13)17(20)23-11-10-22-14-4-2-1-3-5-14/h1-5,13,15H,6-12H2,(H,18,19)/p-1/t15-/m0/s1. The fourth-order valence-electron chi connectivity index (χ4n) is 2.67. The highest BCUT2D eigenvalue weighted by Crippen LogP contribution is 2.27. The summed E-state index contributed by atoms with van der Waals surface area (Å²) in [6.07, 6.45) is 1.00. The second-order valence-electron chi connectivity index (χ2n) is 5.46. The number of hydrogen-bond acceptors (Lipinski definition) is 6. The van der Waals surface area contributed by atoms with Crippen LogP contribution < -0.4 is 9.84 Å². The minimum atomic E-state index is -1.24. The number of carbonyl (C=O) groups excluding carboxylic acids is 2. The highest BCUT2D eigenvalue weighted by molar-refractivity contribution is 5.78. The molecule has 0 spiro atoms. The van der Waals surface area contributed by atoms with Gasteiger partial charge in [-0.2, -0.15) is 0 Å². The van der Waals surface area contributed by atoms with E-state index in [1.165, 1.54) is 0 Å². The Balaban J connectivity index is 1.78. The third-order valence-electron chi connectivity index (χ3n) is 3.86. The fraction of sp³-hybridized carbons (Fsp3) is 0.529. The Bertz CT molecular complexity index is 495. The number of rotatable bonds is 8. The van der Waals surface area contributed by atoms with E-state index in [0.29, 0.717) is 31.8 Å². The van der Waals surface area contributed by atoms with E-state index in [1.54, 1.807) is 0 Å². The van der Waals surface area contributed by atoms with Crippen LogP contribution in [-0.2, 0) is 19.1 Å². The molecule has 2 rings (SSSR count). The van der Waals surface area contributed by atoms with Crippen molar-refractivity contribution in [3.05, 3.63) is 30.3 Å². The summed E-state index contributed by atoms with van der Waals surface area (Å²) >= 11 is 0. The molecule has 1 heterocycles. The molecule has 0 aliphatic carbocycles. The van der Waals surface area contributed by atoms with E-state index in [4.69, 9.17) is 14.2 Å². The average Bonchev–Trinajstić information content (AvgIpc) is 2.58. The van der Waals surface area contributed by atoms with Crippen LogP contribution in [0.5, 0.6) is 5.75 Å². The quantitative estimate of drug-likeness (QED) is 0.520. The molecule has 1 aliphatic heterocycles. The number of hydrogen-bond donors (Lipinski definition) is 0. The van der Waals surface area contributed by atoms with Crippen molar-refractivity contribution in [1.29, 1.82) is 0 Å². The topological polar surface area (TPSA) is 84.9 Å². The van der Waals surface area contributed by atoms with Gasteiger partial charge in [0.2, 0.25) is 0 Å². The van der Waals surface area contributed by atoms with Gasteiger partial charge in [-0.1, -0.05) is 18.2 Å². The van der Waals surface area contributed by atoms with E-state index in [0.717, 1.165) is 0 Å². The van der Waals surface area contributed by atoms with Gasteiger partial charge in [0.1, 0.15) is 19.0 Å². The van der Waals surface area contributed by atoms with Crippen LogP contribution in [0.15, 0.2) is 30.3 Å². The van der Waals surface area contributed by atoms with Crippen LogP contribution in [-0.4, -0.2) is 38.4 Å². The SMILES string of the molecule is O=C([O-])C[C@H](C(=O)OCCOc1ccccc1)C1CCOCC1. The summed E-state index contributed by atoms with van der Waals surface area (Å²) in [6.45, 7) is 1.39. The molecule has 1 aliphatic rings. The first kappa shape index (κ1) is 17.3. The Labute approximate surface area is 135 Å². The first-order valence-corrected chi connectivity index (χ1v) is 7.79. The van der Waals surface area contributed by atoms with Crippen molar-refractivity contribution in [2.75, 3.05) is 26.4 Å². The van der Waals surface area contributed by atoms with E-state index < -0.39 is 17.9 Å². The summed E-state index contributed by atoms with van der Waals surface area (Å²) in [4.78, 5) is 23.1. The highest BCUT2D eigenvalue weighted by Gasteiger charge is 2.31. The zero-order valence-corrected chi connectivity index (χ0v) is 12.9. The molecule has 23 heavy (non-hydrogen) atoms. The molecular formula is C17H21O6-. The summed E-state index contributed by atoms with van der Waals surface area (Å²) in [6, 6.07) is 9.20. The van der Waals surface area contributed by atoms with Crippen LogP contribution >= 0.6 is 0 Å². The lowest BCUT2D eigenvalue weighted by molar-refractivity contribution is -0.307. The Morgan fingerprint density at radius 2 is 1.87 bits per heavy atom. The summed E-state index contributed by atoms with van der Waals surface area (Å²) in [5.41, 5.74) is 0. The molecule has 1 atom stereocenters. The van der Waals surface area contributed by atoms with Crippen molar-refractivity contribution in [2.24, 2.45) is 11.8 Å². The third kappa shape index (κ3) is 5.90. The number of aliphatic carboxylic acids is 1. The van der Waals surface area contributed by atoms with Crippen LogP contribution in [0.4, 0.5) is 0 Å². The van der Waals surface area contributed by atoms with E-state index in [2.05, 4.69) is 0 Å². The molecule has 0 amide bonds. The zero-order valence-electron chi connectivity index (χ0n) is 12.9. The normalized spacial score (nSPS) is 16.5. The van der Waals surface area contributed by atoms with Crippen molar-refractivity contribution < 1.29 is 28.9 Å². The lowest BCUT2D eigenvalue weighted by Crippen LogP contribution is -2.36. The number of benzene rings is 1. The molecule has 0 aromatic heterocycles. The molecule has 6 heteroatoms. The van der Waals surface area contributed by atoms with E-state index in [-0.39, 0.29) is 25.6 Å². The molecule has 1 saturated heterocycles. The lowest BCUT2D eigenvalue weighted by Gasteiger charge is -2.29. The molecule has 0 radical (unpaired) electrons. The van der Waals surface area contributed by atoms with Gasteiger partial charge in [-0.25, -0.2) is 0 Å². The van der Waals surface area contributed by atoms with Gasteiger partial charge < -0.3 is 24.1 Å². The first-order valence-electron chi connectivity index (χ1n) is 7.79. The van der Waals surface area contributed by atoms with Gasteiger partial charge in [0.15, 0.2) is 0 Å². The maximum absolute atomic E-state index is 12.2. The van der Waals surface area contributed by atoms with Gasteiger partial charge in [-0.3, -0.25) is 4.79 Å². The molecule has 1 aromatic rings. The Morgan fingerprint density at radius 3 is 2.52 bits per heavy atom. The fourth-order valence-corrected chi connectivity index (χ4v) is 2.67. The minimum Gasteiger partial charge on any atom is -0.550 e. The number of ether oxygens (including phenoxy) is 3. The maximum atomic E-state index is 12.2. The van der Waals surface area contributed by atoms with E-state index in [9.17, 15) is 14.7 Å². The number of carboxylic acids is 1. The van der Waals surface area contributed by atoms with Crippen molar-refractivity contribution in [3.8, 4) is 5.75 Å². The van der Waals surface area contributed by atoms with Crippen LogP contribution in [0.2, 0.25) is 0 Å². The van der Waals surface area contributed by atoms with Gasteiger partial charge in [0.25, 0.3) is 0 Å². The Morgan fingerprint density at radius 1 is 1.17 bits per heavy atom. The predicted molar refractivity (Wildman–Crippen MR) is 79.6 cm³/mol. The second-order valence-corrected chi connectivity index (χ2v) is 5.46. The molecule has 1 aromatic carbocycles. The summed E-state index contributed by atoms with van der Waals surface area (Å²) in [5, 5.41) is 10.9. The van der Waals surface area contributed by atoms with Crippen molar-refractivity contribution >= 4 is 11.9 Å². The number of para-hydroxylation sites is 1. The van der Waals surface area contributed by atoms with Gasteiger partial charge in [-0.05, 0) is 30.9 Å². The molecular weight excluding hydrogens is 300 g/mol. The number of carboxylic acid groups (broad SMARTS) is 1. The maximum Gasteiger partial charge on any atom is 0.309 e. The van der Waals surface area contributed by atoms with Gasteiger partial charge >= 0.3 is 5.97 Å². The van der Waals surface area contributed by atoms with Gasteiger partial charge in [0, 0.05) is 25.6 Å². The van der Waals surface area contributed by atoms with Crippen molar-refractivity contribution in [1.82, 2.24) is 0 Å². The van der Waals surface area contributed by atoms with Crippen molar-refractivity contribution in [2.45, 2.75) is 19.3 Å². The summed E-state index contributed by atoms with van der Waals surface area (Å²) in [5.74, 6) is -1.76. The largest absolute Gasteiger partial charge is 0.550 e. The minimum absolute atomic E-state index is 0.0378. The Kier molecular flexibility index (Phi) is 6.87. The monoisotopic (exact) mass is 321 g/mol. The molecule has 0 unspecified atom stereocenters. The third-order valence-corrected chi connectivity index (χ3v) is 3.86. The molecule has 0 bridgehead atoms. The molecule has 0 saturated carbocycles. The first-order chi connectivity index (χ1) is 11.2. The molecule has 126 valence electrons. The number of esters is 1. The molecule has 6 nitrogen and oxygen atoms in total. The smallest absolute Gasteiger partial charge is 0.309 e. The highest BCUT2D eigenvalue weighted by atomic mass is 16.6. The zero-order chi connectivity index (χ0) is 16.5. The van der Waals surface area contributed by atoms with E-state index in [1.807, 2.05) is 30.3 Å². The van der Waals surface area contributed by atoms with Crippen molar-refractivity contribution in [3.63, 3.8) is 0 Å². The second kappa shape index (κ2) is 9.15. The Hall–Kier alpha value is -2.08. The average molecular weight is 321 g/mol. The molecule has 0 N–H and O–H groups in total. The lowest BCUT2D eigenvalue weighted by atomic mass is 9.84. The van der Waals surface area contributed by atoms with Gasteiger partial charge in [0.05, 0.1) is 5.92 Å². The van der Waals surface area contributed by atoms with Crippen LogP contribution in [0.3, 0.4) is 0 Å². The summed E-state index contributed by atoms with van der Waals surface area (Å²) < 4.78 is 15.9. The van der Waals surface area contributed by atoms with Crippen LogP contribution in [0, 0.1) is 11.8 Å². The van der Waals surface area contributed by atoms with E-state index >= 15 is 0 Å². The van der Waals surface area contributed by atoms with Gasteiger partial charge in [-0.15, -0.1) is 0 Å².